The van der Waals surface area contributed by atoms with E-state index in [0.717, 1.165) is 37.8 Å². The fourth-order valence-electron chi connectivity index (χ4n) is 4.60. The Morgan fingerprint density at radius 3 is 2.74 bits per heavy atom. The van der Waals surface area contributed by atoms with Crippen molar-refractivity contribution in [1.82, 2.24) is 19.9 Å². The number of nitrogens with zero attached hydrogens (tertiary/aromatic N) is 4. The molecule has 1 saturated heterocycles. The molecule has 1 unspecified atom stereocenters. The number of carbonyl (C=O) groups excluding carboxylic acids is 2. The highest BCUT2D eigenvalue weighted by atomic mass is 16.5. The van der Waals surface area contributed by atoms with E-state index in [1.54, 1.807) is 14.0 Å². The van der Waals surface area contributed by atoms with Crippen LogP contribution in [-0.4, -0.2) is 64.5 Å². The smallest absolute Gasteiger partial charge is 0.252 e. The average Bonchev–Trinajstić information content (AvgIpc) is 3.48. The van der Waals surface area contributed by atoms with Gasteiger partial charge in [0.05, 0.1) is 5.41 Å². The zero-order valence-electron chi connectivity index (χ0n) is 18.2. The van der Waals surface area contributed by atoms with E-state index < -0.39 is 0 Å². The lowest BCUT2D eigenvalue weighted by Gasteiger charge is -2.40. The van der Waals surface area contributed by atoms with E-state index in [2.05, 4.69) is 22.3 Å². The van der Waals surface area contributed by atoms with Gasteiger partial charge in [0.2, 0.25) is 11.8 Å². The quantitative estimate of drug-likeness (QED) is 0.644. The van der Waals surface area contributed by atoms with E-state index in [1.807, 2.05) is 28.0 Å². The topological polar surface area (TPSA) is 88.8 Å². The third-order valence-electron chi connectivity index (χ3n) is 6.37. The van der Waals surface area contributed by atoms with Crippen LogP contribution < -0.4 is 0 Å². The number of likely N-dealkylation sites (tertiary alicyclic amines) is 1. The second-order valence-corrected chi connectivity index (χ2v) is 8.50. The SMILES string of the molecule is COCc1nc(CCN(C(C)=O)C2CCCN(C(=O)C3(c4ccccc4)CC3)C2)no1. The van der Waals surface area contributed by atoms with Gasteiger partial charge < -0.3 is 19.1 Å². The summed E-state index contributed by atoms with van der Waals surface area (Å²) < 4.78 is 10.1. The Morgan fingerprint density at radius 2 is 2.06 bits per heavy atom. The summed E-state index contributed by atoms with van der Waals surface area (Å²) >= 11 is 0. The number of rotatable bonds is 8. The molecule has 2 heterocycles. The average molecular weight is 427 g/mol. The van der Waals surface area contributed by atoms with Crippen molar-refractivity contribution < 1.29 is 18.8 Å². The summed E-state index contributed by atoms with van der Waals surface area (Å²) in [5, 5.41) is 3.96. The van der Waals surface area contributed by atoms with Gasteiger partial charge in [-0.1, -0.05) is 35.5 Å². The first kappa shape index (κ1) is 21.5. The van der Waals surface area contributed by atoms with E-state index in [4.69, 9.17) is 9.26 Å². The summed E-state index contributed by atoms with van der Waals surface area (Å²) in [6.07, 6.45) is 4.09. The first-order chi connectivity index (χ1) is 15.0. The lowest BCUT2D eigenvalue weighted by molar-refractivity contribution is -0.140. The van der Waals surface area contributed by atoms with E-state index in [-0.39, 0.29) is 29.9 Å². The number of hydrogen-bond donors (Lipinski definition) is 0. The summed E-state index contributed by atoms with van der Waals surface area (Å²) in [5.41, 5.74) is 0.738. The first-order valence-corrected chi connectivity index (χ1v) is 11.0. The minimum atomic E-state index is -0.368. The molecule has 2 aliphatic rings. The van der Waals surface area contributed by atoms with Gasteiger partial charge in [-0.3, -0.25) is 9.59 Å². The summed E-state index contributed by atoms with van der Waals surface area (Å²) in [6.45, 7) is 3.68. The molecular formula is C23H30N4O4. The van der Waals surface area contributed by atoms with Crippen LogP contribution in [0.1, 0.15) is 49.9 Å². The number of ether oxygens (including phenoxy) is 1. The van der Waals surface area contributed by atoms with Gasteiger partial charge in [0.1, 0.15) is 6.61 Å². The number of amides is 2. The summed E-state index contributed by atoms with van der Waals surface area (Å²) in [7, 11) is 1.57. The summed E-state index contributed by atoms with van der Waals surface area (Å²) in [6, 6.07) is 10.1. The molecule has 1 aromatic carbocycles. The predicted molar refractivity (Wildman–Crippen MR) is 113 cm³/mol. The van der Waals surface area contributed by atoms with Crippen LogP contribution in [0.5, 0.6) is 0 Å². The Labute approximate surface area is 182 Å². The van der Waals surface area contributed by atoms with E-state index in [9.17, 15) is 9.59 Å². The molecule has 1 aliphatic heterocycles. The normalized spacial score (nSPS) is 19.8. The van der Waals surface area contributed by atoms with E-state index in [1.165, 1.54) is 0 Å². The van der Waals surface area contributed by atoms with Crippen LogP contribution in [0.2, 0.25) is 0 Å². The maximum atomic E-state index is 13.4. The van der Waals surface area contributed by atoms with Crippen molar-refractivity contribution in [2.75, 3.05) is 26.7 Å². The number of aromatic nitrogens is 2. The largest absolute Gasteiger partial charge is 0.375 e. The Bertz CT molecular complexity index is 909. The number of piperidine rings is 1. The first-order valence-electron chi connectivity index (χ1n) is 11.0. The minimum Gasteiger partial charge on any atom is -0.375 e. The van der Waals surface area contributed by atoms with Crippen LogP contribution in [0.4, 0.5) is 0 Å². The van der Waals surface area contributed by atoms with Crippen molar-refractivity contribution in [1.29, 1.82) is 0 Å². The molecule has 4 rings (SSSR count). The highest BCUT2D eigenvalue weighted by Gasteiger charge is 2.53. The van der Waals surface area contributed by atoms with Crippen LogP contribution in [0, 0.1) is 0 Å². The maximum absolute atomic E-state index is 13.4. The van der Waals surface area contributed by atoms with E-state index >= 15 is 0 Å². The molecule has 2 aromatic rings. The fraction of sp³-hybridized carbons (Fsp3) is 0.565. The van der Waals surface area contributed by atoms with Crippen molar-refractivity contribution in [3.63, 3.8) is 0 Å². The van der Waals surface area contributed by atoms with Gasteiger partial charge >= 0.3 is 0 Å². The third kappa shape index (κ3) is 4.63. The lowest BCUT2D eigenvalue weighted by atomic mass is 9.92. The van der Waals surface area contributed by atoms with Gasteiger partial charge in [0, 0.05) is 46.1 Å². The molecule has 166 valence electrons. The van der Waals surface area contributed by atoms with E-state index in [0.29, 0.717) is 31.2 Å². The summed E-state index contributed by atoms with van der Waals surface area (Å²) in [4.78, 5) is 34.0. The fourth-order valence-corrected chi connectivity index (χ4v) is 4.60. The predicted octanol–water partition coefficient (Wildman–Crippen LogP) is 2.33. The zero-order chi connectivity index (χ0) is 21.8. The van der Waals surface area contributed by atoms with Crippen molar-refractivity contribution in [2.24, 2.45) is 0 Å². The van der Waals surface area contributed by atoms with Gasteiger partial charge in [-0.05, 0) is 31.2 Å². The standard InChI is InChI=1S/C23H30N4O4/c1-17(28)27(14-10-20-24-21(16-30-2)31-25-20)19-9-6-13-26(15-19)22(29)23(11-12-23)18-7-4-3-5-8-18/h3-5,7-8,19H,6,9-16H2,1-2H3. The molecule has 2 fully saturated rings. The number of carbonyl (C=O) groups is 2. The second-order valence-electron chi connectivity index (χ2n) is 8.50. The molecule has 1 saturated carbocycles. The Kier molecular flexibility index (Phi) is 6.36. The summed E-state index contributed by atoms with van der Waals surface area (Å²) in [5.74, 6) is 1.19. The maximum Gasteiger partial charge on any atom is 0.252 e. The van der Waals surface area contributed by atoms with Crippen molar-refractivity contribution in [2.45, 2.75) is 57.1 Å². The molecule has 1 atom stereocenters. The van der Waals surface area contributed by atoms with Gasteiger partial charge in [-0.15, -0.1) is 0 Å². The third-order valence-corrected chi connectivity index (χ3v) is 6.37. The molecule has 0 N–H and O–H groups in total. The van der Waals surface area contributed by atoms with Crippen LogP contribution in [0.3, 0.4) is 0 Å². The van der Waals surface area contributed by atoms with Crippen molar-refractivity contribution in [3.8, 4) is 0 Å². The minimum absolute atomic E-state index is 0.00380. The van der Waals surface area contributed by atoms with Gasteiger partial charge in [-0.25, -0.2) is 0 Å². The Hall–Kier alpha value is -2.74. The molecule has 0 bridgehead atoms. The highest BCUT2D eigenvalue weighted by molar-refractivity contribution is 5.91. The molecule has 2 amide bonds. The molecule has 0 radical (unpaired) electrons. The van der Waals surface area contributed by atoms with Crippen LogP contribution in [0.15, 0.2) is 34.9 Å². The van der Waals surface area contributed by atoms with Gasteiger partial charge in [0.25, 0.3) is 5.89 Å². The van der Waals surface area contributed by atoms with Crippen LogP contribution >= 0.6 is 0 Å². The van der Waals surface area contributed by atoms with Gasteiger partial charge in [0.15, 0.2) is 5.82 Å². The number of benzene rings is 1. The monoisotopic (exact) mass is 426 g/mol. The van der Waals surface area contributed by atoms with Crippen LogP contribution in [-0.2, 0) is 32.8 Å². The molecule has 0 spiro atoms. The molecule has 1 aliphatic carbocycles. The van der Waals surface area contributed by atoms with Crippen molar-refractivity contribution in [3.05, 3.63) is 47.6 Å². The molecule has 1 aromatic heterocycles. The Morgan fingerprint density at radius 1 is 1.29 bits per heavy atom. The lowest BCUT2D eigenvalue weighted by Crippen LogP contribution is -2.53. The number of hydrogen-bond acceptors (Lipinski definition) is 6. The molecule has 31 heavy (non-hydrogen) atoms. The Balaban J connectivity index is 1.40. The van der Waals surface area contributed by atoms with Crippen molar-refractivity contribution >= 4 is 11.8 Å². The molecule has 8 heteroatoms. The highest BCUT2D eigenvalue weighted by Crippen LogP contribution is 2.49. The molecular weight excluding hydrogens is 396 g/mol. The molecule has 8 nitrogen and oxygen atoms in total. The van der Waals surface area contributed by atoms with Gasteiger partial charge in [-0.2, -0.15) is 4.98 Å². The zero-order valence-corrected chi connectivity index (χ0v) is 18.2. The number of methoxy groups -OCH3 is 1. The second kappa shape index (κ2) is 9.18. The van der Waals surface area contributed by atoms with Crippen LogP contribution in [0.25, 0.3) is 0 Å².